The maximum atomic E-state index is 14.0. The number of amides is 1. The Morgan fingerprint density at radius 3 is 2.81 bits per heavy atom. The predicted molar refractivity (Wildman–Crippen MR) is 117 cm³/mol. The van der Waals surface area contributed by atoms with Crippen LogP contribution in [0.15, 0.2) is 59.1 Å². The van der Waals surface area contributed by atoms with E-state index in [-0.39, 0.29) is 11.9 Å². The summed E-state index contributed by atoms with van der Waals surface area (Å²) < 4.78 is 10.8. The second-order valence-electron chi connectivity index (χ2n) is 7.89. The number of methoxy groups -OCH3 is 1. The molecule has 1 atom stereocenters. The van der Waals surface area contributed by atoms with Crippen LogP contribution in [0, 0.1) is 13.8 Å². The second-order valence-corrected chi connectivity index (χ2v) is 7.89. The maximum absolute atomic E-state index is 14.0. The highest BCUT2D eigenvalue weighted by Gasteiger charge is 2.34. The Kier molecular flexibility index (Phi) is 4.70. The largest absolute Gasteiger partial charge is 0.497 e. The lowest BCUT2D eigenvalue weighted by Crippen LogP contribution is -2.40. The summed E-state index contributed by atoms with van der Waals surface area (Å²) in [7, 11) is 1.65. The fraction of sp³-hybridized carbons (Fsp3) is 0.240. The summed E-state index contributed by atoms with van der Waals surface area (Å²) in [6, 6.07) is 17.9. The van der Waals surface area contributed by atoms with Crippen LogP contribution < -0.4 is 4.74 Å². The third-order valence-electron chi connectivity index (χ3n) is 5.93. The molecule has 5 rings (SSSR count). The van der Waals surface area contributed by atoms with E-state index in [0.29, 0.717) is 28.9 Å². The summed E-state index contributed by atoms with van der Waals surface area (Å²) in [6.07, 6.45) is 0.804. The van der Waals surface area contributed by atoms with Gasteiger partial charge < -0.3 is 14.2 Å². The first kappa shape index (κ1) is 19.3. The molecule has 0 bridgehead atoms. The zero-order chi connectivity index (χ0) is 21.5. The minimum Gasteiger partial charge on any atom is -0.497 e. The van der Waals surface area contributed by atoms with Crippen molar-refractivity contribution >= 4 is 17.0 Å². The summed E-state index contributed by atoms with van der Waals surface area (Å²) in [5.74, 6) is 0.717. The van der Waals surface area contributed by atoms with Crippen molar-refractivity contribution in [1.82, 2.24) is 15.0 Å². The van der Waals surface area contributed by atoms with Gasteiger partial charge in [-0.3, -0.25) is 4.79 Å². The van der Waals surface area contributed by atoms with E-state index in [1.54, 1.807) is 7.11 Å². The Morgan fingerprint density at radius 2 is 1.97 bits per heavy atom. The van der Waals surface area contributed by atoms with Crippen molar-refractivity contribution in [3.8, 4) is 5.75 Å². The van der Waals surface area contributed by atoms with Crippen molar-refractivity contribution in [2.75, 3.05) is 13.7 Å². The Labute approximate surface area is 180 Å². The number of hydrogen-bond donors (Lipinski definition) is 0. The van der Waals surface area contributed by atoms with Gasteiger partial charge in [0, 0.05) is 12.2 Å². The van der Waals surface area contributed by atoms with Gasteiger partial charge in [0.25, 0.3) is 11.6 Å². The van der Waals surface area contributed by atoms with E-state index >= 15 is 0 Å². The molecule has 2 aromatic heterocycles. The number of benzene rings is 2. The van der Waals surface area contributed by atoms with Gasteiger partial charge in [0.2, 0.25) is 0 Å². The molecule has 0 aliphatic carbocycles. The number of aromatic nitrogens is 2. The van der Waals surface area contributed by atoms with Crippen LogP contribution in [0.3, 0.4) is 0 Å². The van der Waals surface area contributed by atoms with E-state index in [2.05, 4.69) is 28.3 Å². The van der Waals surface area contributed by atoms with Crippen molar-refractivity contribution in [1.29, 1.82) is 0 Å². The van der Waals surface area contributed by atoms with Crippen molar-refractivity contribution in [2.45, 2.75) is 26.3 Å². The molecule has 0 radical (unpaired) electrons. The Bertz CT molecular complexity index is 1290. The number of rotatable bonds is 3. The molecule has 1 amide bonds. The van der Waals surface area contributed by atoms with Crippen LogP contribution in [0.4, 0.5) is 0 Å². The summed E-state index contributed by atoms with van der Waals surface area (Å²) in [4.78, 5) is 20.3. The summed E-state index contributed by atoms with van der Waals surface area (Å²) in [5.41, 5.74) is 5.79. The van der Waals surface area contributed by atoms with E-state index in [0.717, 1.165) is 29.0 Å². The molecule has 156 valence electrons. The van der Waals surface area contributed by atoms with Crippen LogP contribution >= 0.6 is 0 Å². The Morgan fingerprint density at radius 1 is 1.13 bits per heavy atom. The first-order valence-corrected chi connectivity index (χ1v) is 10.3. The van der Waals surface area contributed by atoms with E-state index in [1.165, 1.54) is 5.56 Å². The molecule has 0 saturated heterocycles. The summed E-state index contributed by atoms with van der Waals surface area (Å²) in [5, 5.41) is 4.72. The number of aryl methyl sites for hydroxylation is 2. The van der Waals surface area contributed by atoms with Crippen molar-refractivity contribution in [3.63, 3.8) is 0 Å². The van der Waals surface area contributed by atoms with E-state index in [9.17, 15) is 4.79 Å². The van der Waals surface area contributed by atoms with Gasteiger partial charge >= 0.3 is 0 Å². The van der Waals surface area contributed by atoms with Crippen LogP contribution in [0.5, 0.6) is 5.75 Å². The average molecular weight is 413 g/mol. The molecule has 0 N–H and O–H groups in total. The van der Waals surface area contributed by atoms with Gasteiger partial charge in [-0.25, -0.2) is 4.98 Å². The standard InChI is InChI=1S/C25H23N3O3/c1-15-13-21(22-16(2)27-31-24(22)26-15)25(29)28-12-11-17-7-4-5-10-20(17)23(28)18-8-6-9-19(14-18)30-3/h4-10,13-14,23H,11-12H2,1-3H3. The fourth-order valence-electron chi connectivity index (χ4n) is 4.50. The SMILES string of the molecule is COc1cccc(C2c3ccccc3CCN2C(=O)c2cc(C)nc3onc(C)c23)c1. The number of pyridine rings is 1. The molecule has 4 aromatic rings. The quantitative estimate of drug-likeness (QED) is 0.490. The van der Waals surface area contributed by atoms with E-state index < -0.39 is 0 Å². The number of carbonyl (C=O) groups excluding carboxylic acids is 1. The highest BCUT2D eigenvalue weighted by molar-refractivity contribution is 6.06. The molecule has 1 aliphatic heterocycles. The molecular formula is C25H23N3O3. The highest BCUT2D eigenvalue weighted by atomic mass is 16.5. The average Bonchev–Trinajstić information content (AvgIpc) is 3.17. The van der Waals surface area contributed by atoms with Gasteiger partial charge in [0.05, 0.1) is 29.8 Å². The van der Waals surface area contributed by atoms with E-state index in [1.807, 2.05) is 55.1 Å². The van der Waals surface area contributed by atoms with Crippen molar-refractivity contribution in [2.24, 2.45) is 0 Å². The van der Waals surface area contributed by atoms with E-state index in [4.69, 9.17) is 9.26 Å². The molecule has 1 unspecified atom stereocenters. The zero-order valence-corrected chi connectivity index (χ0v) is 17.8. The maximum Gasteiger partial charge on any atom is 0.258 e. The third kappa shape index (κ3) is 3.24. The number of fused-ring (bicyclic) bond motifs is 2. The Balaban J connectivity index is 1.67. The molecule has 31 heavy (non-hydrogen) atoms. The molecule has 0 fully saturated rings. The monoisotopic (exact) mass is 413 g/mol. The number of hydrogen-bond acceptors (Lipinski definition) is 5. The topological polar surface area (TPSA) is 68.5 Å². The third-order valence-corrected chi connectivity index (χ3v) is 5.93. The zero-order valence-electron chi connectivity index (χ0n) is 17.8. The normalized spacial score (nSPS) is 15.7. The number of nitrogens with zero attached hydrogens (tertiary/aromatic N) is 3. The lowest BCUT2D eigenvalue weighted by atomic mass is 9.87. The minimum atomic E-state index is -0.212. The lowest BCUT2D eigenvalue weighted by Gasteiger charge is -2.38. The Hall–Kier alpha value is -3.67. The van der Waals surface area contributed by atoms with Gasteiger partial charge in [-0.15, -0.1) is 0 Å². The summed E-state index contributed by atoms with van der Waals surface area (Å²) in [6.45, 7) is 4.31. The molecule has 6 heteroatoms. The fourth-order valence-corrected chi connectivity index (χ4v) is 4.50. The van der Waals surface area contributed by atoms with Crippen molar-refractivity contribution in [3.05, 3.63) is 88.2 Å². The van der Waals surface area contributed by atoms with Gasteiger partial charge in [-0.2, -0.15) is 0 Å². The highest BCUT2D eigenvalue weighted by Crippen LogP contribution is 2.38. The van der Waals surface area contributed by atoms with Crippen LogP contribution in [-0.2, 0) is 6.42 Å². The second kappa shape index (κ2) is 7.54. The lowest BCUT2D eigenvalue weighted by molar-refractivity contribution is 0.0696. The molecular weight excluding hydrogens is 390 g/mol. The van der Waals surface area contributed by atoms with Crippen LogP contribution in [0.2, 0.25) is 0 Å². The van der Waals surface area contributed by atoms with Gasteiger partial charge in [0.15, 0.2) is 0 Å². The first-order chi connectivity index (χ1) is 15.1. The molecule has 0 saturated carbocycles. The summed E-state index contributed by atoms with van der Waals surface area (Å²) >= 11 is 0. The van der Waals surface area contributed by atoms with Crippen molar-refractivity contribution < 1.29 is 14.1 Å². The molecule has 2 aromatic carbocycles. The molecule has 3 heterocycles. The number of ether oxygens (including phenoxy) is 1. The smallest absolute Gasteiger partial charge is 0.258 e. The molecule has 1 aliphatic rings. The predicted octanol–water partition coefficient (Wildman–Crippen LogP) is 4.64. The molecule has 6 nitrogen and oxygen atoms in total. The molecule has 0 spiro atoms. The van der Waals surface area contributed by atoms with Crippen LogP contribution in [-0.4, -0.2) is 34.6 Å². The first-order valence-electron chi connectivity index (χ1n) is 10.3. The minimum absolute atomic E-state index is 0.0517. The van der Waals surface area contributed by atoms with Gasteiger partial charge in [-0.1, -0.05) is 41.6 Å². The van der Waals surface area contributed by atoms with Crippen LogP contribution in [0.1, 0.15) is 44.5 Å². The van der Waals surface area contributed by atoms with Gasteiger partial charge in [0.1, 0.15) is 5.75 Å². The van der Waals surface area contributed by atoms with Crippen LogP contribution in [0.25, 0.3) is 11.1 Å². The number of carbonyl (C=O) groups is 1. The van der Waals surface area contributed by atoms with Gasteiger partial charge in [-0.05, 0) is 55.2 Å².